The molecule has 5 nitrogen and oxygen atoms in total. The van der Waals surface area contributed by atoms with E-state index < -0.39 is 0 Å². The van der Waals surface area contributed by atoms with Crippen molar-refractivity contribution in [2.75, 3.05) is 19.7 Å². The van der Waals surface area contributed by atoms with Gasteiger partial charge in [0.1, 0.15) is 12.1 Å². The lowest BCUT2D eigenvalue weighted by atomic mass is 10.2. The van der Waals surface area contributed by atoms with Gasteiger partial charge in [-0.2, -0.15) is 0 Å². The van der Waals surface area contributed by atoms with Crippen molar-refractivity contribution in [3.05, 3.63) is 23.5 Å². The van der Waals surface area contributed by atoms with Crippen LogP contribution in [0, 0.1) is 26.2 Å². The predicted octanol–water partition coefficient (Wildman–Crippen LogP) is 3.07. The van der Waals surface area contributed by atoms with E-state index in [-0.39, 0.29) is 5.91 Å². The Morgan fingerprint density at radius 3 is 2.92 bits per heavy atom. The van der Waals surface area contributed by atoms with E-state index in [1.807, 2.05) is 11.0 Å². The average molecular weight is 339 g/mol. The molecular formula is C20H25N3O2. The first-order valence-electron chi connectivity index (χ1n) is 8.92. The molecule has 0 bridgehead atoms. The minimum Gasteiger partial charge on any atom is -0.474 e. The van der Waals surface area contributed by atoms with Gasteiger partial charge in [-0.25, -0.2) is 4.98 Å². The maximum Gasteiger partial charge on any atom is 0.238 e. The molecular weight excluding hydrogens is 314 g/mol. The van der Waals surface area contributed by atoms with Gasteiger partial charge >= 0.3 is 0 Å². The van der Waals surface area contributed by atoms with E-state index in [9.17, 15) is 4.79 Å². The fraction of sp³-hybridized carbons (Fsp3) is 0.500. The number of unbranched alkanes of at least 4 members (excludes halogenated alkanes) is 1. The minimum atomic E-state index is 0.221. The lowest BCUT2D eigenvalue weighted by molar-refractivity contribution is -0.128. The van der Waals surface area contributed by atoms with Crippen LogP contribution in [0.1, 0.15) is 36.9 Å². The highest BCUT2D eigenvalue weighted by Gasteiger charge is 2.20. The van der Waals surface area contributed by atoms with Gasteiger partial charge in [0.15, 0.2) is 0 Å². The Kier molecular flexibility index (Phi) is 5.28. The van der Waals surface area contributed by atoms with Crippen LogP contribution in [0.2, 0.25) is 0 Å². The molecule has 0 atom stereocenters. The molecule has 1 aliphatic rings. The maximum absolute atomic E-state index is 11.7. The van der Waals surface area contributed by atoms with Gasteiger partial charge in [0.05, 0.1) is 6.54 Å². The number of hydrogen-bond acceptors (Lipinski definition) is 3. The lowest BCUT2D eigenvalue weighted by Crippen LogP contribution is -2.29. The van der Waals surface area contributed by atoms with Crippen molar-refractivity contribution in [3.8, 4) is 18.2 Å². The third kappa shape index (κ3) is 3.48. The van der Waals surface area contributed by atoms with Crippen LogP contribution in [-0.4, -0.2) is 40.1 Å². The second-order valence-electron chi connectivity index (χ2n) is 6.51. The van der Waals surface area contributed by atoms with Crippen LogP contribution in [0.15, 0.2) is 12.3 Å². The SMILES string of the molecule is C#CCCCn1c(C)c(C)c2ccnc(OCCN3CCCC3=O)c21. The highest BCUT2D eigenvalue weighted by molar-refractivity contribution is 5.88. The summed E-state index contributed by atoms with van der Waals surface area (Å²) in [6, 6.07) is 2.03. The largest absolute Gasteiger partial charge is 0.474 e. The number of amides is 1. The Hall–Kier alpha value is -2.48. The number of carbonyl (C=O) groups is 1. The Morgan fingerprint density at radius 2 is 2.20 bits per heavy atom. The second-order valence-corrected chi connectivity index (χ2v) is 6.51. The molecule has 0 N–H and O–H groups in total. The van der Waals surface area contributed by atoms with Crippen molar-refractivity contribution in [1.82, 2.24) is 14.5 Å². The van der Waals surface area contributed by atoms with Gasteiger partial charge in [0.25, 0.3) is 0 Å². The number of hydrogen-bond donors (Lipinski definition) is 0. The van der Waals surface area contributed by atoms with Gasteiger partial charge in [0, 0.05) is 43.2 Å². The normalized spacial score (nSPS) is 14.3. The first-order chi connectivity index (χ1) is 12.1. The highest BCUT2D eigenvalue weighted by Crippen LogP contribution is 2.31. The number of pyridine rings is 1. The van der Waals surface area contributed by atoms with Crippen LogP contribution in [0.4, 0.5) is 0 Å². The van der Waals surface area contributed by atoms with Crippen LogP contribution in [0.25, 0.3) is 10.9 Å². The molecule has 1 fully saturated rings. The molecule has 0 unspecified atom stereocenters. The van der Waals surface area contributed by atoms with Crippen LogP contribution in [-0.2, 0) is 11.3 Å². The van der Waals surface area contributed by atoms with Crippen LogP contribution < -0.4 is 4.74 Å². The molecule has 2 aromatic heterocycles. The zero-order chi connectivity index (χ0) is 17.8. The Balaban J connectivity index is 1.81. The van der Waals surface area contributed by atoms with Gasteiger partial charge in [-0.15, -0.1) is 12.3 Å². The summed E-state index contributed by atoms with van der Waals surface area (Å²) in [7, 11) is 0. The number of terminal acetylenes is 1. The van der Waals surface area contributed by atoms with Crippen molar-refractivity contribution in [3.63, 3.8) is 0 Å². The molecule has 1 saturated heterocycles. The third-order valence-corrected chi connectivity index (χ3v) is 4.99. The van der Waals surface area contributed by atoms with Crippen LogP contribution in [0.3, 0.4) is 0 Å². The summed E-state index contributed by atoms with van der Waals surface area (Å²) in [6.45, 7) is 7.02. The number of carbonyl (C=O) groups excluding carboxylic acids is 1. The number of nitrogens with zero attached hydrogens (tertiary/aromatic N) is 3. The van der Waals surface area contributed by atoms with Gasteiger partial charge in [-0.3, -0.25) is 4.79 Å². The number of ether oxygens (including phenoxy) is 1. The quantitative estimate of drug-likeness (QED) is 0.575. The molecule has 1 aliphatic heterocycles. The van der Waals surface area contributed by atoms with Gasteiger partial charge in [-0.1, -0.05) is 0 Å². The summed E-state index contributed by atoms with van der Waals surface area (Å²) in [4.78, 5) is 18.0. The van der Waals surface area contributed by atoms with Crippen molar-refractivity contribution < 1.29 is 9.53 Å². The zero-order valence-electron chi connectivity index (χ0n) is 15.0. The molecule has 0 saturated carbocycles. The van der Waals surface area contributed by atoms with Crippen molar-refractivity contribution in [1.29, 1.82) is 0 Å². The van der Waals surface area contributed by atoms with E-state index in [0.717, 1.165) is 37.9 Å². The fourth-order valence-corrected chi connectivity index (χ4v) is 3.48. The molecule has 5 heteroatoms. The first-order valence-corrected chi connectivity index (χ1v) is 8.92. The van der Waals surface area contributed by atoms with Crippen molar-refractivity contribution in [2.24, 2.45) is 0 Å². The summed E-state index contributed by atoms with van der Waals surface area (Å²) < 4.78 is 8.23. The third-order valence-electron chi connectivity index (χ3n) is 4.99. The van der Waals surface area contributed by atoms with E-state index in [1.54, 1.807) is 6.20 Å². The first kappa shape index (κ1) is 17.3. The Bertz CT molecular complexity index is 816. The van der Waals surface area contributed by atoms with E-state index in [4.69, 9.17) is 11.2 Å². The maximum atomic E-state index is 11.7. The molecule has 0 aliphatic carbocycles. The summed E-state index contributed by atoms with van der Waals surface area (Å²) in [5.41, 5.74) is 3.50. The van der Waals surface area contributed by atoms with Crippen molar-refractivity contribution >= 4 is 16.8 Å². The van der Waals surface area contributed by atoms with Crippen molar-refractivity contribution in [2.45, 2.75) is 46.1 Å². The Labute approximate surface area is 149 Å². The smallest absolute Gasteiger partial charge is 0.238 e. The Morgan fingerprint density at radius 1 is 1.36 bits per heavy atom. The van der Waals surface area contributed by atoms with Crippen LogP contribution in [0.5, 0.6) is 5.88 Å². The molecule has 0 aromatic carbocycles. The summed E-state index contributed by atoms with van der Waals surface area (Å²) in [5.74, 6) is 3.56. The van der Waals surface area contributed by atoms with Gasteiger partial charge < -0.3 is 14.2 Å². The number of aromatic nitrogens is 2. The number of aryl methyl sites for hydroxylation is 2. The molecule has 0 radical (unpaired) electrons. The van der Waals surface area contributed by atoms with Gasteiger partial charge in [0.2, 0.25) is 11.8 Å². The summed E-state index contributed by atoms with van der Waals surface area (Å²) >= 11 is 0. The van der Waals surface area contributed by atoms with E-state index in [2.05, 4.69) is 29.3 Å². The number of fused-ring (bicyclic) bond motifs is 1. The fourth-order valence-electron chi connectivity index (χ4n) is 3.48. The summed E-state index contributed by atoms with van der Waals surface area (Å²) in [6.07, 6.45) is 10.5. The number of likely N-dealkylation sites (tertiary alicyclic amines) is 1. The summed E-state index contributed by atoms with van der Waals surface area (Å²) in [5, 5.41) is 1.17. The monoisotopic (exact) mass is 339 g/mol. The van der Waals surface area contributed by atoms with E-state index >= 15 is 0 Å². The molecule has 2 aromatic rings. The topological polar surface area (TPSA) is 47.4 Å². The van der Waals surface area contributed by atoms with E-state index in [1.165, 1.54) is 16.6 Å². The molecule has 3 rings (SSSR count). The zero-order valence-corrected chi connectivity index (χ0v) is 15.0. The van der Waals surface area contributed by atoms with Gasteiger partial charge in [-0.05, 0) is 38.3 Å². The highest BCUT2D eigenvalue weighted by atomic mass is 16.5. The molecule has 25 heavy (non-hydrogen) atoms. The predicted molar refractivity (Wildman–Crippen MR) is 98.6 cm³/mol. The molecule has 0 spiro atoms. The molecule has 1 amide bonds. The standard InChI is InChI=1S/C20H25N3O2/c1-4-5-6-12-23-16(3)15(2)17-9-10-21-20(19(17)23)25-14-13-22-11-7-8-18(22)24/h1,9-10H,5-8,11-14H2,2-3H3. The average Bonchev–Trinajstić information content (AvgIpc) is 3.12. The van der Waals surface area contributed by atoms with Crippen LogP contribution >= 0.6 is 0 Å². The van der Waals surface area contributed by atoms with E-state index in [0.29, 0.717) is 25.5 Å². The number of rotatable bonds is 7. The second kappa shape index (κ2) is 7.60. The molecule has 3 heterocycles. The molecule has 132 valence electrons. The lowest BCUT2D eigenvalue weighted by Gasteiger charge is -2.16. The minimum absolute atomic E-state index is 0.221.